The van der Waals surface area contributed by atoms with Gasteiger partial charge in [-0.3, -0.25) is 0 Å². The molecule has 28 heavy (non-hydrogen) atoms. The van der Waals surface area contributed by atoms with Crippen LogP contribution in [0, 0.1) is 0 Å². The molecule has 0 bridgehead atoms. The van der Waals surface area contributed by atoms with Crippen molar-refractivity contribution in [3.63, 3.8) is 0 Å². The van der Waals surface area contributed by atoms with Crippen LogP contribution in [0.25, 0.3) is 0 Å². The van der Waals surface area contributed by atoms with Crippen molar-refractivity contribution in [3.8, 4) is 0 Å². The minimum Gasteiger partial charge on any atom is -0.360 e. The highest BCUT2D eigenvalue weighted by Gasteiger charge is 2.18. The molecule has 0 aromatic carbocycles. The summed E-state index contributed by atoms with van der Waals surface area (Å²) in [5, 5.41) is 8.69. The molecule has 2 aliphatic rings. The molecule has 1 saturated heterocycles. The van der Waals surface area contributed by atoms with Gasteiger partial charge in [-0.1, -0.05) is 19.3 Å². The number of hydrogen-bond acceptors (Lipinski definition) is 7. The Balaban J connectivity index is 1.50. The Morgan fingerprint density at radius 1 is 1.04 bits per heavy atom. The maximum atomic E-state index is 5.52. The van der Waals surface area contributed by atoms with Gasteiger partial charge in [-0.15, -0.1) is 0 Å². The number of aromatic nitrogens is 4. The van der Waals surface area contributed by atoms with E-state index in [2.05, 4.69) is 30.5 Å². The van der Waals surface area contributed by atoms with Gasteiger partial charge in [0.25, 0.3) is 0 Å². The van der Waals surface area contributed by atoms with Gasteiger partial charge in [0.05, 0.1) is 0 Å². The van der Waals surface area contributed by atoms with Crippen molar-refractivity contribution in [1.29, 1.82) is 0 Å². The van der Waals surface area contributed by atoms with Crippen LogP contribution in [0.5, 0.6) is 0 Å². The van der Waals surface area contributed by atoms with E-state index in [4.69, 9.17) is 17.2 Å². The molecule has 2 aromatic rings. The first-order valence-corrected chi connectivity index (χ1v) is 11.2. The highest BCUT2D eigenvalue weighted by molar-refractivity contribution is 7.99. The fourth-order valence-corrected chi connectivity index (χ4v) is 4.60. The van der Waals surface area contributed by atoms with Gasteiger partial charge in [-0.05, 0) is 55.7 Å². The number of anilines is 2. The molecule has 3 heterocycles. The molecule has 1 aliphatic carbocycles. The van der Waals surface area contributed by atoms with E-state index in [1.807, 2.05) is 12.1 Å². The van der Waals surface area contributed by atoms with Gasteiger partial charge in [0.1, 0.15) is 10.8 Å². The van der Waals surface area contributed by atoms with Crippen molar-refractivity contribution in [2.75, 3.05) is 23.3 Å². The molecule has 148 valence electrons. The lowest BCUT2D eigenvalue weighted by Gasteiger charge is -2.24. The molecule has 9 heteroatoms. The first-order chi connectivity index (χ1) is 13.8. The summed E-state index contributed by atoms with van der Waals surface area (Å²) in [6.07, 6.45) is 12.0. The molecule has 7 nitrogen and oxygen atoms in total. The standard InChI is InChI=1S/C19H25N7S2/c27-18(22-14-7-2-1-3-8-14)25-17-23-15(26-11-4-5-12-26)13-16(24-17)28-19-20-9-6-10-21-19/h6,9-10,13-14H,1-5,7-8,11-12H2,(H2,22,23,24,25,27). The first-order valence-electron chi connectivity index (χ1n) is 9.93. The lowest BCUT2D eigenvalue weighted by molar-refractivity contribution is 0.414. The number of thiocarbonyl (C=S) groups is 1. The fourth-order valence-electron chi connectivity index (χ4n) is 3.63. The van der Waals surface area contributed by atoms with Crippen LogP contribution in [0.4, 0.5) is 11.8 Å². The molecule has 1 saturated carbocycles. The highest BCUT2D eigenvalue weighted by atomic mass is 32.2. The molecule has 0 spiro atoms. The molecule has 2 fully saturated rings. The maximum Gasteiger partial charge on any atom is 0.232 e. The largest absolute Gasteiger partial charge is 0.360 e. The molecule has 0 amide bonds. The van der Waals surface area contributed by atoms with Crippen molar-refractivity contribution in [2.24, 2.45) is 0 Å². The minimum atomic E-state index is 0.446. The molecule has 2 aromatic heterocycles. The zero-order valence-electron chi connectivity index (χ0n) is 15.8. The lowest BCUT2D eigenvalue weighted by Crippen LogP contribution is -2.39. The monoisotopic (exact) mass is 415 g/mol. The van der Waals surface area contributed by atoms with Crippen LogP contribution in [-0.4, -0.2) is 44.2 Å². The molecule has 1 aliphatic heterocycles. The van der Waals surface area contributed by atoms with Crippen LogP contribution < -0.4 is 15.5 Å². The van der Waals surface area contributed by atoms with Crippen LogP contribution in [0.3, 0.4) is 0 Å². The predicted molar refractivity (Wildman–Crippen MR) is 116 cm³/mol. The molecule has 2 N–H and O–H groups in total. The van der Waals surface area contributed by atoms with Crippen molar-refractivity contribution in [3.05, 3.63) is 24.5 Å². The third-order valence-corrected chi connectivity index (χ3v) is 6.05. The van der Waals surface area contributed by atoms with Crippen LogP contribution in [0.15, 0.2) is 34.7 Å². The van der Waals surface area contributed by atoms with Gasteiger partial charge in [0.15, 0.2) is 10.3 Å². The van der Waals surface area contributed by atoms with E-state index in [1.54, 1.807) is 12.4 Å². The topological polar surface area (TPSA) is 78.9 Å². The second-order valence-corrected chi connectivity index (χ2v) is 8.54. The van der Waals surface area contributed by atoms with Crippen LogP contribution in [0.1, 0.15) is 44.9 Å². The SMILES string of the molecule is S=C(Nc1nc(Sc2ncccn2)cc(N2CCCC2)n1)NC1CCCCC1. The summed E-state index contributed by atoms with van der Waals surface area (Å²) in [4.78, 5) is 20.2. The minimum absolute atomic E-state index is 0.446. The quantitative estimate of drug-likeness (QED) is 0.432. The summed E-state index contributed by atoms with van der Waals surface area (Å²) in [5.41, 5.74) is 0. The summed E-state index contributed by atoms with van der Waals surface area (Å²) in [5.74, 6) is 1.45. The number of nitrogens with zero attached hydrogens (tertiary/aromatic N) is 5. The zero-order valence-corrected chi connectivity index (χ0v) is 17.4. The molecule has 0 atom stereocenters. The average Bonchev–Trinajstić information content (AvgIpc) is 3.24. The fraction of sp³-hybridized carbons (Fsp3) is 0.526. The van der Waals surface area contributed by atoms with Crippen molar-refractivity contribution >= 4 is 40.9 Å². The summed E-state index contributed by atoms with van der Waals surface area (Å²) < 4.78 is 0. The van der Waals surface area contributed by atoms with E-state index < -0.39 is 0 Å². The average molecular weight is 416 g/mol. The number of rotatable bonds is 5. The van der Waals surface area contributed by atoms with Crippen LogP contribution >= 0.6 is 24.0 Å². The molecule has 0 unspecified atom stereocenters. The summed E-state index contributed by atoms with van der Waals surface area (Å²) >= 11 is 6.95. The number of hydrogen-bond donors (Lipinski definition) is 2. The van der Waals surface area contributed by atoms with Crippen LogP contribution in [0.2, 0.25) is 0 Å². The van der Waals surface area contributed by atoms with Gasteiger partial charge in [-0.2, -0.15) is 4.98 Å². The van der Waals surface area contributed by atoms with Crippen molar-refractivity contribution in [2.45, 2.75) is 61.2 Å². The Labute approximate surface area is 175 Å². The van der Waals surface area contributed by atoms with Gasteiger partial charge in [-0.25, -0.2) is 15.0 Å². The second kappa shape index (κ2) is 9.47. The number of nitrogens with one attached hydrogen (secondary N) is 2. The Morgan fingerprint density at radius 3 is 2.54 bits per heavy atom. The van der Waals surface area contributed by atoms with Gasteiger partial charge >= 0.3 is 0 Å². The molecular weight excluding hydrogens is 390 g/mol. The molecule has 4 rings (SSSR count). The summed E-state index contributed by atoms with van der Waals surface area (Å²) in [7, 11) is 0. The Bertz CT molecular complexity index is 790. The predicted octanol–water partition coefficient (Wildman–Crippen LogP) is 3.64. The van der Waals surface area contributed by atoms with Crippen molar-refractivity contribution < 1.29 is 0 Å². The van der Waals surface area contributed by atoms with E-state index in [9.17, 15) is 0 Å². The smallest absolute Gasteiger partial charge is 0.232 e. The normalized spacial score (nSPS) is 17.5. The zero-order chi connectivity index (χ0) is 19.2. The van der Waals surface area contributed by atoms with E-state index >= 15 is 0 Å². The Kier molecular flexibility index (Phi) is 6.53. The molecule has 0 radical (unpaired) electrons. The van der Waals surface area contributed by atoms with Crippen molar-refractivity contribution in [1.82, 2.24) is 25.3 Å². The van der Waals surface area contributed by atoms with E-state index in [-0.39, 0.29) is 0 Å². The molecular formula is C19H25N7S2. The van der Waals surface area contributed by atoms with E-state index in [1.165, 1.54) is 56.7 Å². The van der Waals surface area contributed by atoms with E-state index in [0.717, 1.165) is 23.9 Å². The highest BCUT2D eigenvalue weighted by Crippen LogP contribution is 2.28. The van der Waals surface area contributed by atoms with Gasteiger partial charge < -0.3 is 15.5 Å². The lowest BCUT2D eigenvalue weighted by atomic mass is 9.96. The van der Waals surface area contributed by atoms with Gasteiger partial charge in [0.2, 0.25) is 5.95 Å². The third-order valence-electron chi connectivity index (χ3n) is 5.02. The summed E-state index contributed by atoms with van der Waals surface area (Å²) in [6, 6.07) is 4.26. The Hall–Kier alpha value is -2.00. The van der Waals surface area contributed by atoms with Crippen LogP contribution in [-0.2, 0) is 0 Å². The van der Waals surface area contributed by atoms with Gasteiger partial charge in [0, 0.05) is 37.6 Å². The first kappa shape index (κ1) is 19.3. The third kappa shape index (κ3) is 5.29. The second-order valence-electron chi connectivity index (χ2n) is 7.15. The summed E-state index contributed by atoms with van der Waals surface area (Å²) in [6.45, 7) is 2.04. The Morgan fingerprint density at radius 2 is 1.79 bits per heavy atom. The van der Waals surface area contributed by atoms with E-state index in [0.29, 0.717) is 22.3 Å². The maximum absolute atomic E-state index is 5.52.